The molecule has 0 fully saturated rings. The summed E-state index contributed by atoms with van der Waals surface area (Å²) < 4.78 is 32.0. The molecule has 0 aliphatic rings. The maximum atomic E-state index is 12.3. The topological polar surface area (TPSA) is 72.5 Å². The van der Waals surface area contributed by atoms with Crippen LogP contribution in [0, 0.1) is 0 Å². The first kappa shape index (κ1) is 15.1. The highest BCUT2D eigenvalue weighted by Gasteiger charge is 2.15. The predicted molar refractivity (Wildman–Crippen MR) is 80.2 cm³/mol. The number of Topliss-reactive ketones (excluding diaryl/α,β-unsaturated/α-hetero) is 1. The lowest BCUT2D eigenvalue weighted by Gasteiger charge is -2.09. The van der Waals surface area contributed by atoms with Crippen molar-refractivity contribution in [3.63, 3.8) is 0 Å². The van der Waals surface area contributed by atoms with Crippen molar-refractivity contribution in [3.8, 4) is 5.75 Å². The second kappa shape index (κ2) is 5.97. The van der Waals surface area contributed by atoms with Gasteiger partial charge in [0.2, 0.25) is 0 Å². The van der Waals surface area contributed by atoms with E-state index in [0.29, 0.717) is 17.0 Å². The molecule has 2 aromatic carbocycles. The van der Waals surface area contributed by atoms with Crippen LogP contribution in [0.1, 0.15) is 17.3 Å². The van der Waals surface area contributed by atoms with Crippen molar-refractivity contribution in [1.29, 1.82) is 0 Å². The van der Waals surface area contributed by atoms with Gasteiger partial charge in [-0.1, -0.05) is 12.1 Å². The number of rotatable bonds is 5. The smallest absolute Gasteiger partial charge is 0.261 e. The quantitative estimate of drug-likeness (QED) is 0.862. The molecule has 2 aromatic rings. The number of ether oxygens (including phenoxy) is 1. The Balaban J connectivity index is 2.29. The number of nitrogens with one attached hydrogen (secondary N) is 1. The van der Waals surface area contributed by atoms with Crippen LogP contribution in [0.25, 0.3) is 0 Å². The monoisotopic (exact) mass is 305 g/mol. The van der Waals surface area contributed by atoms with E-state index in [1.807, 2.05) is 0 Å². The van der Waals surface area contributed by atoms with E-state index in [2.05, 4.69) is 4.72 Å². The zero-order valence-corrected chi connectivity index (χ0v) is 12.5. The van der Waals surface area contributed by atoms with Crippen LogP contribution < -0.4 is 9.46 Å². The van der Waals surface area contributed by atoms with E-state index in [1.54, 1.807) is 36.4 Å². The molecule has 1 N–H and O–H groups in total. The summed E-state index contributed by atoms with van der Waals surface area (Å²) in [5, 5.41) is 0. The van der Waals surface area contributed by atoms with E-state index in [0.717, 1.165) is 0 Å². The van der Waals surface area contributed by atoms with Gasteiger partial charge < -0.3 is 4.74 Å². The predicted octanol–water partition coefficient (Wildman–Crippen LogP) is 2.70. The molecule has 0 aliphatic heterocycles. The fourth-order valence-corrected chi connectivity index (χ4v) is 2.86. The SMILES string of the molecule is COc1ccc(NS(=O)(=O)c2cccc(C(C)=O)c2)cc1. The molecule has 0 amide bonds. The van der Waals surface area contributed by atoms with Gasteiger partial charge in [-0.15, -0.1) is 0 Å². The molecule has 0 unspecified atom stereocenters. The molecule has 0 heterocycles. The third-order valence-corrected chi connectivity index (χ3v) is 4.27. The van der Waals surface area contributed by atoms with E-state index < -0.39 is 10.0 Å². The minimum Gasteiger partial charge on any atom is -0.497 e. The second-order valence-corrected chi connectivity index (χ2v) is 6.10. The number of sulfonamides is 1. The Kier molecular flexibility index (Phi) is 4.28. The van der Waals surface area contributed by atoms with Gasteiger partial charge in [0.25, 0.3) is 10.0 Å². The Morgan fingerprint density at radius 2 is 1.76 bits per heavy atom. The molecule has 0 spiro atoms. The Labute approximate surface area is 123 Å². The van der Waals surface area contributed by atoms with Crippen molar-refractivity contribution in [2.24, 2.45) is 0 Å². The molecule has 0 atom stereocenters. The van der Waals surface area contributed by atoms with E-state index in [-0.39, 0.29) is 10.7 Å². The number of carbonyl (C=O) groups excluding carboxylic acids is 1. The second-order valence-electron chi connectivity index (χ2n) is 4.42. The molecule has 5 nitrogen and oxygen atoms in total. The maximum Gasteiger partial charge on any atom is 0.261 e. The van der Waals surface area contributed by atoms with Crippen molar-refractivity contribution in [2.75, 3.05) is 11.8 Å². The van der Waals surface area contributed by atoms with Crippen molar-refractivity contribution < 1.29 is 17.9 Å². The highest BCUT2D eigenvalue weighted by Crippen LogP contribution is 2.20. The summed E-state index contributed by atoms with van der Waals surface area (Å²) in [5.74, 6) is 0.452. The number of benzene rings is 2. The van der Waals surface area contributed by atoms with Crippen LogP contribution in [0.15, 0.2) is 53.4 Å². The van der Waals surface area contributed by atoms with E-state index >= 15 is 0 Å². The average Bonchev–Trinajstić information content (AvgIpc) is 2.48. The van der Waals surface area contributed by atoms with Crippen molar-refractivity contribution in [1.82, 2.24) is 0 Å². The molecule has 21 heavy (non-hydrogen) atoms. The number of carbonyl (C=O) groups is 1. The summed E-state index contributed by atoms with van der Waals surface area (Å²) in [5.41, 5.74) is 0.775. The Morgan fingerprint density at radius 1 is 1.10 bits per heavy atom. The van der Waals surface area contributed by atoms with E-state index in [9.17, 15) is 13.2 Å². The van der Waals surface area contributed by atoms with Crippen molar-refractivity contribution in [2.45, 2.75) is 11.8 Å². The standard InChI is InChI=1S/C15H15NO4S/c1-11(17)12-4-3-5-15(10-12)21(18,19)16-13-6-8-14(20-2)9-7-13/h3-10,16H,1-2H3. The normalized spacial score (nSPS) is 11.0. The van der Waals surface area contributed by atoms with Crippen LogP contribution in [0.2, 0.25) is 0 Å². The minimum atomic E-state index is -3.73. The summed E-state index contributed by atoms with van der Waals surface area (Å²) >= 11 is 0. The molecule has 6 heteroatoms. The summed E-state index contributed by atoms with van der Waals surface area (Å²) in [6.07, 6.45) is 0. The first-order valence-electron chi connectivity index (χ1n) is 6.20. The van der Waals surface area contributed by atoms with Gasteiger partial charge >= 0.3 is 0 Å². The Hall–Kier alpha value is -2.34. The zero-order chi connectivity index (χ0) is 15.5. The molecule has 0 radical (unpaired) electrons. The lowest BCUT2D eigenvalue weighted by molar-refractivity contribution is 0.101. The van der Waals surface area contributed by atoms with Crippen LogP contribution in [-0.4, -0.2) is 21.3 Å². The highest BCUT2D eigenvalue weighted by molar-refractivity contribution is 7.92. The molecular weight excluding hydrogens is 290 g/mol. The largest absolute Gasteiger partial charge is 0.497 e. The Bertz CT molecular complexity index is 751. The summed E-state index contributed by atoms with van der Waals surface area (Å²) in [6, 6.07) is 12.4. The molecule has 0 aliphatic carbocycles. The molecular formula is C15H15NO4S. The first-order valence-corrected chi connectivity index (χ1v) is 7.68. The molecule has 2 rings (SSSR count). The summed E-state index contributed by atoms with van der Waals surface area (Å²) in [6.45, 7) is 1.39. The van der Waals surface area contributed by atoms with Gasteiger partial charge in [0.1, 0.15) is 5.75 Å². The molecule has 0 aromatic heterocycles. The lowest BCUT2D eigenvalue weighted by Crippen LogP contribution is -2.13. The molecule has 110 valence electrons. The zero-order valence-electron chi connectivity index (χ0n) is 11.7. The van der Waals surface area contributed by atoms with Crippen LogP contribution in [0.3, 0.4) is 0 Å². The Morgan fingerprint density at radius 3 is 2.33 bits per heavy atom. The summed E-state index contributed by atoms with van der Waals surface area (Å²) in [4.78, 5) is 11.4. The first-order chi connectivity index (χ1) is 9.92. The average molecular weight is 305 g/mol. The van der Waals surface area contributed by atoms with Gasteiger partial charge in [0, 0.05) is 11.3 Å². The molecule has 0 bridgehead atoms. The third-order valence-electron chi connectivity index (χ3n) is 2.89. The van der Waals surface area contributed by atoms with Gasteiger partial charge in [0.15, 0.2) is 5.78 Å². The van der Waals surface area contributed by atoms with Crippen molar-refractivity contribution >= 4 is 21.5 Å². The number of anilines is 1. The lowest BCUT2D eigenvalue weighted by atomic mass is 10.2. The third kappa shape index (κ3) is 3.61. The number of methoxy groups -OCH3 is 1. The van der Waals surface area contributed by atoms with Gasteiger partial charge in [-0.3, -0.25) is 9.52 Å². The van der Waals surface area contributed by atoms with E-state index in [4.69, 9.17) is 4.74 Å². The fourth-order valence-electron chi connectivity index (χ4n) is 1.76. The number of ketones is 1. The maximum absolute atomic E-state index is 12.3. The van der Waals surface area contributed by atoms with Gasteiger partial charge in [-0.25, -0.2) is 8.42 Å². The number of hydrogen-bond acceptors (Lipinski definition) is 4. The van der Waals surface area contributed by atoms with Gasteiger partial charge in [0.05, 0.1) is 12.0 Å². The number of hydrogen-bond donors (Lipinski definition) is 1. The van der Waals surface area contributed by atoms with Gasteiger partial charge in [-0.05, 0) is 43.3 Å². The van der Waals surface area contributed by atoms with Crippen LogP contribution in [0.4, 0.5) is 5.69 Å². The van der Waals surface area contributed by atoms with Crippen LogP contribution >= 0.6 is 0 Å². The van der Waals surface area contributed by atoms with Gasteiger partial charge in [-0.2, -0.15) is 0 Å². The summed E-state index contributed by atoms with van der Waals surface area (Å²) in [7, 11) is -2.20. The molecule has 0 saturated heterocycles. The fraction of sp³-hybridized carbons (Fsp3) is 0.133. The highest BCUT2D eigenvalue weighted by atomic mass is 32.2. The van der Waals surface area contributed by atoms with Crippen LogP contribution in [-0.2, 0) is 10.0 Å². The van der Waals surface area contributed by atoms with E-state index in [1.165, 1.54) is 26.2 Å². The van der Waals surface area contributed by atoms with Crippen molar-refractivity contribution in [3.05, 3.63) is 54.1 Å². The van der Waals surface area contributed by atoms with Crippen LogP contribution in [0.5, 0.6) is 5.75 Å². The minimum absolute atomic E-state index is 0.0472. The molecule has 0 saturated carbocycles.